The van der Waals surface area contributed by atoms with Crippen molar-refractivity contribution >= 4 is 29.3 Å². The van der Waals surface area contributed by atoms with Crippen LogP contribution in [0.4, 0.5) is 0 Å². The van der Waals surface area contributed by atoms with Gasteiger partial charge in [-0.1, -0.05) is 35.5 Å². The first-order valence-electron chi connectivity index (χ1n) is 7.63. The summed E-state index contributed by atoms with van der Waals surface area (Å²) in [6.45, 7) is 3.92. The first kappa shape index (κ1) is 16.3. The van der Waals surface area contributed by atoms with Crippen molar-refractivity contribution in [3.63, 3.8) is 0 Å². The largest absolute Gasteiger partial charge is 0.349 e. The van der Waals surface area contributed by atoms with Gasteiger partial charge in [0.25, 0.3) is 0 Å². The molecule has 1 fully saturated rings. The molecule has 23 heavy (non-hydrogen) atoms. The maximum atomic E-state index is 12.2. The zero-order chi connectivity index (χ0) is 16.4. The van der Waals surface area contributed by atoms with Crippen LogP contribution in [-0.2, 0) is 4.79 Å². The van der Waals surface area contributed by atoms with Crippen molar-refractivity contribution in [2.45, 2.75) is 43.9 Å². The summed E-state index contributed by atoms with van der Waals surface area (Å²) in [5.74, 6) is 1.24. The molecule has 2 aromatic rings. The summed E-state index contributed by atoms with van der Waals surface area (Å²) in [7, 11) is 0. The first-order chi connectivity index (χ1) is 11.0. The third-order valence-corrected chi connectivity index (χ3v) is 5.02. The molecule has 3 rings (SSSR count). The molecule has 7 heteroatoms. The average Bonchev–Trinajstić information content (AvgIpc) is 3.29. The van der Waals surface area contributed by atoms with Crippen molar-refractivity contribution in [3.05, 3.63) is 40.7 Å². The summed E-state index contributed by atoms with van der Waals surface area (Å²) >= 11 is 7.32. The van der Waals surface area contributed by atoms with Gasteiger partial charge in [0.1, 0.15) is 5.82 Å². The van der Waals surface area contributed by atoms with Gasteiger partial charge in [-0.25, -0.2) is 0 Å². The lowest BCUT2D eigenvalue weighted by atomic mass is 10.1. The molecule has 1 aliphatic rings. The SMILES string of the molecule is Cc1nnc(SCC(=O)N[C@@H](C)c2ccc(Cl)cc2)n1C1CC1. The number of hydrogen-bond acceptors (Lipinski definition) is 4. The fourth-order valence-electron chi connectivity index (χ4n) is 2.45. The summed E-state index contributed by atoms with van der Waals surface area (Å²) in [6, 6.07) is 7.97. The molecule has 0 saturated heterocycles. The molecule has 1 saturated carbocycles. The number of amides is 1. The van der Waals surface area contributed by atoms with Crippen molar-refractivity contribution in [2.75, 3.05) is 5.75 Å². The fourth-order valence-corrected chi connectivity index (χ4v) is 3.44. The Morgan fingerprint density at radius 1 is 1.39 bits per heavy atom. The third-order valence-electron chi connectivity index (χ3n) is 3.83. The van der Waals surface area contributed by atoms with Crippen LogP contribution in [0.3, 0.4) is 0 Å². The Balaban J connectivity index is 1.54. The van der Waals surface area contributed by atoms with Gasteiger partial charge >= 0.3 is 0 Å². The van der Waals surface area contributed by atoms with Gasteiger partial charge in [-0.2, -0.15) is 0 Å². The molecular formula is C16H19ClN4OS. The average molecular weight is 351 g/mol. The second-order valence-corrected chi connectivity index (χ2v) is 7.14. The van der Waals surface area contributed by atoms with E-state index in [1.54, 1.807) is 0 Å². The lowest BCUT2D eigenvalue weighted by molar-refractivity contribution is -0.119. The van der Waals surface area contributed by atoms with Gasteiger partial charge in [-0.05, 0) is 44.4 Å². The summed E-state index contributed by atoms with van der Waals surface area (Å²) < 4.78 is 2.14. The van der Waals surface area contributed by atoms with Gasteiger partial charge in [-0.15, -0.1) is 10.2 Å². The predicted molar refractivity (Wildman–Crippen MR) is 91.8 cm³/mol. The Morgan fingerprint density at radius 2 is 2.09 bits per heavy atom. The topological polar surface area (TPSA) is 59.8 Å². The monoisotopic (exact) mass is 350 g/mol. The molecule has 5 nitrogen and oxygen atoms in total. The molecule has 1 aromatic carbocycles. The summed E-state index contributed by atoms with van der Waals surface area (Å²) in [5, 5.41) is 12.8. The van der Waals surface area contributed by atoms with E-state index >= 15 is 0 Å². The molecule has 1 N–H and O–H groups in total. The summed E-state index contributed by atoms with van der Waals surface area (Å²) in [6.07, 6.45) is 2.35. The number of halogens is 1. The van der Waals surface area contributed by atoms with E-state index in [2.05, 4.69) is 20.1 Å². The van der Waals surface area contributed by atoms with Crippen molar-refractivity contribution < 1.29 is 4.79 Å². The molecule has 1 heterocycles. The molecular weight excluding hydrogens is 332 g/mol. The van der Waals surface area contributed by atoms with E-state index in [9.17, 15) is 4.79 Å². The van der Waals surface area contributed by atoms with Crippen LogP contribution in [0.1, 0.15) is 43.2 Å². The van der Waals surface area contributed by atoms with Crippen LogP contribution in [0.5, 0.6) is 0 Å². The summed E-state index contributed by atoms with van der Waals surface area (Å²) in [5.41, 5.74) is 1.03. The highest BCUT2D eigenvalue weighted by molar-refractivity contribution is 7.99. The number of hydrogen-bond donors (Lipinski definition) is 1. The molecule has 1 amide bonds. The second kappa shape index (κ2) is 6.93. The van der Waals surface area contributed by atoms with E-state index in [1.165, 1.54) is 24.6 Å². The van der Waals surface area contributed by atoms with Crippen LogP contribution in [-0.4, -0.2) is 26.4 Å². The van der Waals surface area contributed by atoms with Crippen LogP contribution < -0.4 is 5.32 Å². The highest BCUT2D eigenvalue weighted by Crippen LogP contribution is 2.38. The number of aromatic nitrogens is 3. The van der Waals surface area contributed by atoms with E-state index in [4.69, 9.17) is 11.6 Å². The minimum atomic E-state index is -0.0524. The lowest BCUT2D eigenvalue weighted by Crippen LogP contribution is -2.28. The van der Waals surface area contributed by atoms with Crippen molar-refractivity contribution in [1.29, 1.82) is 0 Å². The van der Waals surface area contributed by atoms with E-state index in [0.29, 0.717) is 16.8 Å². The molecule has 0 radical (unpaired) electrons. The number of carbonyl (C=O) groups excluding carboxylic acids is 1. The van der Waals surface area contributed by atoms with Crippen LogP contribution in [0.15, 0.2) is 29.4 Å². The van der Waals surface area contributed by atoms with E-state index in [0.717, 1.165) is 16.5 Å². The molecule has 0 unspecified atom stereocenters. The highest BCUT2D eigenvalue weighted by Gasteiger charge is 2.28. The minimum absolute atomic E-state index is 0.0135. The van der Waals surface area contributed by atoms with Crippen molar-refractivity contribution in [2.24, 2.45) is 0 Å². The molecule has 0 aliphatic heterocycles. The number of aryl methyl sites for hydroxylation is 1. The first-order valence-corrected chi connectivity index (χ1v) is 9.00. The number of nitrogens with one attached hydrogen (secondary N) is 1. The number of benzene rings is 1. The molecule has 1 aromatic heterocycles. The molecule has 1 aliphatic carbocycles. The van der Waals surface area contributed by atoms with E-state index in [1.807, 2.05) is 38.1 Å². The third kappa shape index (κ3) is 4.06. The Bertz CT molecular complexity index is 697. The maximum absolute atomic E-state index is 12.2. The fraction of sp³-hybridized carbons (Fsp3) is 0.438. The number of thioether (sulfide) groups is 1. The highest BCUT2D eigenvalue weighted by atomic mass is 35.5. The Kier molecular flexibility index (Phi) is 4.92. The van der Waals surface area contributed by atoms with Crippen LogP contribution in [0.25, 0.3) is 0 Å². The standard InChI is InChI=1S/C16H19ClN4OS/c1-10(12-3-5-13(17)6-4-12)18-15(22)9-23-16-20-19-11(2)21(16)14-7-8-14/h3-6,10,14H,7-9H2,1-2H3,(H,18,22)/t10-/m0/s1. The Hall–Kier alpha value is -1.53. The molecule has 122 valence electrons. The van der Waals surface area contributed by atoms with Crippen LogP contribution in [0, 0.1) is 6.92 Å². The smallest absolute Gasteiger partial charge is 0.230 e. The Labute approximate surface area is 144 Å². The number of carbonyl (C=O) groups is 1. The molecule has 1 atom stereocenters. The zero-order valence-corrected chi connectivity index (χ0v) is 14.7. The van der Waals surface area contributed by atoms with Crippen LogP contribution >= 0.6 is 23.4 Å². The van der Waals surface area contributed by atoms with Gasteiger partial charge in [0.2, 0.25) is 5.91 Å². The van der Waals surface area contributed by atoms with Gasteiger partial charge in [0.15, 0.2) is 5.16 Å². The van der Waals surface area contributed by atoms with E-state index < -0.39 is 0 Å². The normalized spacial score (nSPS) is 15.4. The van der Waals surface area contributed by atoms with Gasteiger partial charge in [0.05, 0.1) is 11.8 Å². The van der Waals surface area contributed by atoms with Crippen LogP contribution in [0.2, 0.25) is 5.02 Å². The summed E-state index contributed by atoms with van der Waals surface area (Å²) in [4.78, 5) is 12.2. The van der Waals surface area contributed by atoms with Gasteiger partial charge in [0, 0.05) is 11.1 Å². The number of rotatable bonds is 6. The quantitative estimate of drug-likeness (QED) is 0.809. The lowest BCUT2D eigenvalue weighted by Gasteiger charge is -2.14. The number of nitrogens with zero attached hydrogens (tertiary/aromatic N) is 3. The molecule has 0 spiro atoms. The van der Waals surface area contributed by atoms with Gasteiger partial charge in [-0.3, -0.25) is 4.79 Å². The minimum Gasteiger partial charge on any atom is -0.349 e. The van der Waals surface area contributed by atoms with Gasteiger partial charge < -0.3 is 9.88 Å². The molecule has 0 bridgehead atoms. The Morgan fingerprint density at radius 3 is 2.74 bits per heavy atom. The van der Waals surface area contributed by atoms with E-state index in [-0.39, 0.29) is 11.9 Å². The predicted octanol–water partition coefficient (Wildman–Crippen LogP) is 3.54. The van der Waals surface area contributed by atoms with Crippen molar-refractivity contribution in [3.8, 4) is 0 Å². The maximum Gasteiger partial charge on any atom is 0.230 e. The zero-order valence-electron chi connectivity index (χ0n) is 13.1. The second-order valence-electron chi connectivity index (χ2n) is 5.76. The van der Waals surface area contributed by atoms with Crippen molar-refractivity contribution in [1.82, 2.24) is 20.1 Å².